The predicted molar refractivity (Wildman–Crippen MR) is 87.1 cm³/mol. The molecule has 21 heavy (non-hydrogen) atoms. The second kappa shape index (κ2) is 6.53. The normalized spacial score (nSPS) is 10.9. The van der Waals surface area contributed by atoms with Gasteiger partial charge in [0.2, 0.25) is 16.0 Å². The van der Waals surface area contributed by atoms with E-state index in [-0.39, 0.29) is 6.54 Å². The Bertz CT molecular complexity index is 688. The molecule has 1 aromatic carbocycles. The van der Waals surface area contributed by atoms with E-state index in [0.717, 1.165) is 16.9 Å². The number of aryl methyl sites for hydroxylation is 1. The summed E-state index contributed by atoms with van der Waals surface area (Å²) in [7, 11) is 3.97. The topological polar surface area (TPSA) is 69.1 Å². The van der Waals surface area contributed by atoms with E-state index in [9.17, 15) is 4.79 Å². The van der Waals surface area contributed by atoms with Crippen molar-refractivity contribution in [3.8, 4) is 0 Å². The number of rotatable bonds is 5. The smallest absolute Gasteiger partial charge is 0.408 e. The lowest BCUT2D eigenvalue weighted by molar-refractivity contribution is -0.669. The van der Waals surface area contributed by atoms with Crippen molar-refractivity contribution < 1.29 is 14.5 Å². The first-order valence-corrected chi connectivity index (χ1v) is 7.24. The van der Waals surface area contributed by atoms with Crippen LogP contribution in [0.1, 0.15) is 5.56 Å². The molecule has 1 aromatic heterocycles. The van der Waals surface area contributed by atoms with Crippen LogP contribution in [0.3, 0.4) is 0 Å². The molecule has 0 aliphatic carbocycles. The van der Waals surface area contributed by atoms with Gasteiger partial charge in [-0.2, -0.15) is 0 Å². The number of aromatic nitrogens is 1. The molecule has 1 N–H and O–H groups in total. The summed E-state index contributed by atoms with van der Waals surface area (Å²) < 4.78 is 3.58. The van der Waals surface area contributed by atoms with Gasteiger partial charge in [-0.3, -0.25) is 0 Å². The van der Waals surface area contributed by atoms with Gasteiger partial charge >= 0.3 is 11.1 Å². The molecule has 6 nitrogen and oxygen atoms in total. The second-order valence-corrected chi connectivity index (χ2v) is 5.65. The molecule has 0 aliphatic heterocycles. The van der Waals surface area contributed by atoms with Crippen molar-refractivity contribution in [2.45, 2.75) is 13.5 Å². The number of carbonyl (C=O) groups is 1. The van der Waals surface area contributed by atoms with Gasteiger partial charge in [0.25, 0.3) is 0 Å². The standard InChI is InChI=1S/C12H14B2N4O2S/c1-8-6-9(18(13)14)2-3-10(8)15-16-12-17(4-5-21-12)7-11(19)20/h2-6H,7,13-14H2,1H3/p+1. The lowest BCUT2D eigenvalue weighted by Gasteiger charge is -2.13. The Kier molecular flexibility index (Phi) is 4.74. The van der Waals surface area contributed by atoms with Crippen LogP contribution in [0.5, 0.6) is 0 Å². The lowest BCUT2D eigenvalue weighted by Crippen LogP contribution is -2.35. The van der Waals surface area contributed by atoms with Crippen molar-refractivity contribution >= 4 is 49.8 Å². The van der Waals surface area contributed by atoms with Gasteiger partial charge in [-0.25, -0.2) is 9.36 Å². The first-order valence-electron chi connectivity index (χ1n) is 6.36. The number of hydrogen-bond acceptors (Lipinski definition) is 5. The zero-order valence-electron chi connectivity index (χ0n) is 12.1. The average Bonchev–Trinajstić information content (AvgIpc) is 2.83. The first-order chi connectivity index (χ1) is 9.97. The van der Waals surface area contributed by atoms with E-state index >= 15 is 0 Å². The quantitative estimate of drug-likeness (QED) is 0.503. The summed E-state index contributed by atoms with van der Waals surface area (Å²) >= 11 is 1.36. The number of thiazole rings is 1. The SMILES string of the molecule is BN(B)c1ccc(/N=N/c2scc[n+]2CC(=O)O)c(C)c1. The van der Waals surface area contributed by atoms with Crippen LogP contribution in [0.15, 0.2) is 40.0 Å². The van der Waals surface area contributed by atoms with Crippen LogP contribution in [0.2, 0.25) is 0 Å². The molecular weight excluding hydrogens is 286 g/mol. The van der Waals surface area contributed by atoms with Crippen molar-refractivity contribution in [3.05, 3.63) is 35.3 Å². The van der Waals surface area contributed by atoms with Crippen LogP contribution >= 0.6 is 11.3 Å². The van der Waals surface area contributed by atoms with Gasteiger partial charge < -0.3 is 9.83 Å². The summed E-state index contributed by atoms with van der Waals surface area (Å²) in [5, 5.41) is 19.6. The molecule has 2 rings (SSSR count). The third kappa shape index (κ3) is 3.91. The van der Waals surface area contributed by atoms with Crippen molar-refractivity contribution in [1.29, 1.82) is 0 Å². The Morgan fingerprint density at radius 3 is 2.81 bits per heavy atom. The fourth-order valence-electron chi connectivity index (χ4n) is 1.77. The maximum Gasteiger partial charge on any atom is 0.408 e. The van der Waals surface area contributed by atoms with E-state index in [1.54, 1.807) is 16.1 Å². The molecule has 1 heterocycles. The van der Waals surface area contributed by atoms with Gasteiger partial charge in [0, 0.05) is 11.1 Å². The summed E-state index contributed by atoms with van der Waals surface area (Å²) in [6.45, 7) is 1.86. The van der Waals surface area contributed by atoms with E-state index in [2.05, 4.69) is 10.2 Å². The fourth-order valence-corrected chi connectivity index (χ4v) is 2.45. The number of azo groups is 1. The van der Waals surface area contributed by atoms with Gasteiger partial charge in [-0.15, -0.1) is 0 Å². The number of nitrogens with zero attached hydrogens (tertiary/aromatic N) is 4. The molecule has 0 fully saturated rings. The Hall–Kier alpha value is -2.15. The number of hydrogen-bond donors (Lipinski definition) is 1. The molecule has 0 radical (unpaired) electrons. The van der Waals surface area contributed by atoms with Crippen molar-refractivity contribution in [2.75, 3.05) is 4.72 Å². The fraction of sp³-hybridized carbons (Fsp3) is 0.167. The molecule has 0 unspecified atom stereocenters. The van der Waals surface area contributed by atoms with Crippen LogP contribution < -0.4 is 9.29 Å². The first kappa shape index (κ1) is 15.2. The van der Waals surface area contributed by atoms with E-state index in [1.165, 1.54) is 11.3 Å². The zero-order valence-corrected chi connectivity index (χ0v) is 13.0. The maximum absolute atomic E-state index is 10.8. The summed E-state index contributed by atoms with van der Waals surface area (Å²) in [5.41, 5.74) is 2.89. The number of anilines is 1. The minimum absolute atomic E-state index is 0.115. The molecule has 0 bridgehead atoms. The van der Waals surface area contributed by atoms with Crippen molar-refractivity contribution in [3.63, 3.8) is 0 Å². The molecule has 0 aliphatic rings. The minimum atomic E-state index is -0.902. The number of carboxylic acids is 1. The summed E-state index contributed by atoms with van der Waals surface area (Å²) in [6, 6.07) is 5.92. The van der Waals surface area contributed by atoms with Crippen LogP contribution in [0, 0.1) is 6.92 Å². The average molecular weight is 301 g/mol. The van der Waals surface area contributed by atoms with Crippen molar-refractivity contribution in [1.82, 2.24) is 0 Å². The molecule has 106 valence electrons. The Balaban J connectivity index is 2.22. The van der Waals surface area contributed by atoms with E-state index in [0.29, 0.717) is 5.13 Å². The highest BCUT2D eigenvalue weighted by Gasteiger charge is 2.15. The third-order valence-corrected chi connectivity index (χ3v) is 3.69. The molecule has 0 atom stereocenters. The third-order valence-electron chi connectivity index (χ3n) is 2.91. The predicted octanol–water partition coefficient (Wildman–Crippen LogP) is 0.747. The van der Waals surface area contributed by atoms with E-state index in [1.807, 2.05) is 45.8 Å². The van der Waals surface area contributed by atoms with Crippen LogP contribution in [0.4, 0.5) is 16.5 Å². The van der Waals surface area contributed by atoms with Gasteiger partial charge in [0.05, 0.1) is 5.11 Å². The molecule has 0 saturated heterocycles. The van der Waals surface area contributed by atoms with Crippen LogP contribution in [0.25, 0.3) is 0 Å². The molecule has 0 saturated carbocycles. The second-order valence-electron chi connectivity index (χ2n) is 4.77. The highest BCUT2D eigenvalue weighted by molar-refractivity contribution is 7.12. The molecule has 0 spiro atoms. The molecule has 2 aromatic rings. The highest BCUT2D eigenvalue weighted by atomic mass is 32.1. The monoisotopic (exact) mass is 301 g/mol. The maximum atomic E-state index is 10.8. The van der Waals surface area contributed by atoms with E-state index < -0.39 is 5.97 Å². The van der Waals surface area contributed by atoms with Gasteiger partial charge in [-0.05, 0) is 47.1 Å². The molecule has 0 amide bonds. The number of benzene rings is 1. The lowest BCUT2D eigenvalue weighted by atomic mass is 10.1. The van der Waals surface area contributed by atoms with Crippen LogP contribution in [-0.4, -0.2) is 27.0 Å². The summed E-state index contributed by atoms with van der Waals surface area (Å²) in [6.07, 6.45) is 1.69. The Morgan fingerprint density at radius 1 is 1.43 bits per heavy atom. The highest BCUT2D eigenvalue weighted by Crippen LogP contribution is 2.25. The Labute approximate surface area is 128 Å². The Morgan fingerprint density at radius 2 is 2.19 bits per heavy atom. The minimum Gasteiger partial charge on any atom is -0.478 e. The van der Waals surface area contributed by atoms with Crippen LogP contribution in [-0.2, 0) is 11.3 Å². The molecule has 9 heteroatoms. The van der Waals surface area contributed by atoms with Gasteiger partial charge in [0.15, 0.2) is 6.54 Å². The molecular formula is C12H15B2N4O2S+. The number of aliphatic carboxylic acids is 1. The van der Waals surface area contributed by atoms with Gasteiger partial charge in [0.1, 0.15) is 11.9 Å². The number of carboxylic acid groups (broad SMARTS) is 1. The summed E-state index contributed by atoms with van der Waals surface area (Å²) in [4.78, 5) is 10.8. The summed E-state index contributed by atoms with van der Waals surface area (Å²) in [5.74, 6) is -0.902. The van der Waals surface area contributed by atoms with Gasteiger partial charge in [-0.1, -0.05) is 0 Å². The largest absolute Gasteiger partial charge is 0.478 e. The zero-order chi connectivity index (χ0) is 15.4. The van der Waals surface area contributed by atoms with Crippen molar-refractivity contribution in [2.24, 2.45) is 10.2 Å². The van der Waals surface area contributed by atoms with E-state index in [4.69, 9.17) is 5.11 Å².